The summed E-state index contributed by atoms with van der Waals surface area (Å²) >= 11 is 0. The highest BCUT2D eigenvalue weighted by molar-refractivity contribution is 5.77. The molecule has 0 radical (unpaired) electrons. The largest absolute Gasteiger partial charge is 0.388 e. The third-order valence-corrected chi connectivity index (χ3v) is 7.36. The van der Waals surface area contributed by atoms with E-state index in [1.807, 2.05) is 30.3 Å². The van der Waals surface area contributed by atoms with Gasteiger partial charge < -0.3 is 20.2 Å². The number of nitrogens with one attached hydrogen (secondary N) is 1. The third kappa shape index (κ3) is 6.30. The molecule has 35 heavy (non-hydrogen) atoms. The Morgan fingerprint density at radius 2 is 2.03 bits per heavy atom. The first-order valence-corrected chi connectivity index (χ1v) is 12.4. The molecule has 1 aromatic heterocycles. The predicted octanol–water partition coefficient (Wildman–Crippen LogP) is 1.91. The van der Waals surface area contributed by atoms with E-state index in [1.165, 1.54) is 23.4 Å². The first-order valence-electron chi connectivity index (χ1n) is 12.4. The van der Waals surface area contributed by atoms with E-state index in [1.54, 1.807) is 4.90 Å². The molecule has 0 unspecified atom stereocenters. The molecule has 2 aliphatic rings. The van der Waals surface area contributed by atoms with Crippen molar-refractivity contribution in [1.29, 1.82) is 0 Å². The number of likely N-dealkylation sites (tertiary alicyclic amines) is 2. The monoisotopic (exact) mass is 477 g/mol. The molecule has 0 spiro atoms. The number of terminal acetylenes is 1. The average molecular weight is 478 g/mol. The van der Waals surface area contributed by atoms with E-state index in [9.17, 15) is 14.7 Å². The molecule has 0 aliphatic carbocycles. The van der Waals surface area contributed by atoms with E-state index < -0.39 is 5.60 Å². The summed E-state index contributed by atoms with van der Waals surface area (Å²) in [6.45, 7) is 2.87. The van der Waals surface area contributed by atoms with Crippen molar-refractivity contribution in [2.45, 2.75) is 56.2 Å². The fourth-order valence-corrected chi connectivity index (χ4v) is 5.01. The van der Waals surface area contributed by atoms with Crippen LogP contribution in [-0.4, -0.2) is 75.2 Å². The molecule has 3 heterocycles. The van der Waals surface area contributed by atoms with Gasteiger partial charge in [0.15, 0.2) is 0 Å². The Hall–Kier alpha value is -3.15. The molecule has 2 aromatic rings. The first-order chi connectivity index (χ1) is 16.9. The molecule has 1 aromatic carbocycles. The summed E-state index contributed by atoms with van der Waals surface area (Å²) in [5, 5.41) is 14.4. The van der Waals surface area contributed by atoms with Gasteiger partial charge in [-0.3, -0.25) is 14.2 Å². The zero-order valence-electron chi connectivity index (χ0n) is 20.4. The van der Waals surface area contributed by atoms with Crippen LogP contribution in [0.15, 0.2) is 47.5 Å². The maximum absolute atomic E-state index is 12.9. The quantitative estimate of drug-likeness (QED) is 0.565. The van der Waals surface area contributed by atoms with Gasteiger partial charge in [0.25, 0.3) is 5.56 Å². The smallest absolute Gasteiger partial charge is 0.255 e. The van der Waals surface area contributed by atoms with Crippen LogP contribution in [0.2, 0.25) is 0 Å². The fraction of sp³-hybridized carbons (Fsp3) is 0.519. The molecule has 0 saturated carbocycles. The van der Waals surface area contributed by atoms with Crippen molar-refractivity contribution in [2.24, 2.45) is 0 Å². The molecule has 2 N–H and O–H groups in total. The highest BCUT2D eigenvalue weighted by atomic mass is 16.3. The molecule has 8 heteroatoms. The van der Waals surface area contributed by atoms with Crippen LogP contribution in [0.1, 0.15) is 43.6 Å². The van der Waals surface area contributed by atoms with Crippen molar-refractivity contribution < 1.29 is 9.90 Å². The number of hydrogen-bond acceptors (Lipinski definition) is 6. The Kier molecular flexibility index (Phi) is 7.89. The lowest BCUT2D eigenvalue weighted by atomic mass is 9.90. The number of hydrogen-bond donors (Lipinski definition) is 2. The molecule has 186 valence electrons. The van der Waals surface area contributed by atoms with Gasteiger partial charge in [-0.05, 0) is 44.8 Å². The Morgan fingerprint density at radius 3 is 2.66 bits per heavy atom. The zero-order valence-corrected chi connectivity index (χ0v) is 20.4. The number of likely N-dealkylation sites (N-methyl/N-ethyl adjacent to an activating group) is 1. The van der Waals surface area contributed by atoms with Gasteiger partial charge in [0.2, 0.25) is 5.91 Å². The van der Waals surface area contributed by atoms with E-state index >= 15 is 0 Å². The second-order valence-electron chi connectivity index (χ2n) is 9.84. The molecule has 2 fully saturated rings. The minimum absolute atomic E-state index is 0.0129. The zero-order chi connectivity index (χ0) is 24.8. The number of rotatable bonds is 8. The summed E-state index contributed by atoms with van der Waals surface area (Å²) in [7, 11) is 2.11. The molecule has 4 rings (SSSR count). The van der Waals surface area contributed by atoms with Gasteiger partial charge in [0.05, 0.1) is 24.4 Å². The third-order valence-electron chi connectivity index (χ3n) is 7.36. The van der Waals surface area contributed by atoms with Crippen molar-refractivity contribution in [1.82, 2.24) is 19.4 Å². The van der Waals surface area contributed by atoms with Crippen LogP contribution in [0.4, 0.5) is 5.82 Å². The number of aliphatic hydroxyl groups is 1. The Labute approximate surface area is 207 Å². The van der Waals surface area contributed by atoms with Gasteiger partial charge in [-0.15, -0.1) is 6.42 Å². The maximum atomic E-state index is 12.9. The minimum Gasteiger partial charge on any atom is -0.388 e. The van der Waals surface area contributed by atoms with Crippen LogP contribution in [0.3, 0.4) is 0 Å². The minimum atomic E-state index is -1.06. The summed E-state index contributed by atoms with van der Waals surface area (Å²) in [6.07, 6.45) is 10.5. The summed E-state index contributed by atoms with van der Waals surface area (Å²) in [6, 6.07) is 11.6. The van der Waals surface area contributed by atoms with Gasteiger partial charge >= 0.3 is 0 Å². The lowest BCUT2D eigenvalue weighted by Crippen LogP contribution is -2.49. The predicted molar refractivity (Wildman–Crippen MR) is 136 cm³/mol. The molecule has 0 bridgehead atoms. The molecular formula is C27H35N5O3. The molecule has 1 amide bonds. The number of amides is 1. The first kappa shape index (κ1) is 25.0. The van der Waals surface area contributed by atoms with E-state index in [0.29, 0.717) is 37.8 Å². The average Bonchev–Trinajstić information content (AvgIpc) is 3.28. The summed E-state index contributed by atoms with van der Waals surface area (Å²) in [5.74, 6) is 3.00. The van der Waals surface area contributed by atoms with Crippen LogP contribution < -0.4 is 10.9 Å². The SMILES string of the molecule is C#C[C@H](CC(=O)N1CCC(O)(Cn2cnc(NC[C@@H]3CCCN3C)cc2=O)CC1)c1ccccc1. The second kappa shape index (κ2) is 11.1. The number of aromatic nitrogens is 2. The van der Waals surface area contributed by atoms with Crippen molar-refractivity contribution in [3.63, 3.8) is 0 Å². The molecule has 8 nitrogen and oxygen atoms in total. The number of piperidine rings is 1. The number of nitrogens with zero attached hydrogens (tertiary/aromatic N) is 4. The maximum Gasteiger partial charge on any atom is 0.255 e. The topological polar surface area (TPSA) is 90.7 Å². The van der Waals surface area contributed by atoms with Crippen molar-refractivity contribution >= 4 is 11.7 Å². The molecule has 2 atom stereocenters. The summed E-state index contributed by atoms with van der Waals surface area (Å²) in [5.41, 5.74) is -0.305. The number of carbonyl (C=O) groups is 1. The number of carbonyl (C=O) groups excluding carboxylic acids is 1. The number of anilines is 1. The lowest BCUT2D eigenvalue weighted by Gasteiger charge is -2.38. The highest BCUT2D eigenvalue weighted by Crippen LogP contribution is 2.26. The Morgan fingerprint density at radius 1 is 1.29 bits per heavy atom. The lowest BCUT2D eigenvalue weighted by molar-refractivity contribution is -0.136. The van der Waals surface area contributed by atoms with Crippen LogP contribution in [0.25, 0.3) is 0 Å². The van der Waals surface area contributed by atoms with Crippen molar-refractivity contribution in [2.75, 3.05) is 38.5 Å². The van der Waals surface area contributed by atoms with Gasteiger partial charge in [0.1, 0.15) is 5.82 Å². The van der Waals surface area contributed by atoms with E-state index in [-0.39, 0.29) is 30.3 Å². The summed E-state index contributed by atoms with van der Waals surface area (Å²) in [4.78, 5) is 34.0. The van der Waals surface area contributed by atoms with Crippen molar-refractivity contribution in [3.8, 4) is 12.3 Å². The van der Waals surface area contributed by atoms with E-state index in [0.717, 1.165) is 25.1 Å². The van der Waals surface area contributed by atoms with E-state index in [4.69, 9.17) is 6.42 Å². The van der Waals surface area contributed by atoms with Crippen LogP contribution in [-0.2, 0) is 11.3 Å². The normalized spacial score (nSPS) is 20.8. The highest BCUT2D eigenvalue weighted by Gasteiger charge is 2.35. The van der Waals surface area contributed by atoms with Gasteiger partial charge in [-0.1, -0.05) is 36.3 Å². The number of benzene rings is 1. The van der Waals surface area contributed by atoms with E-state index in [2.05, 4.69) is 28.2 Å². The van der Waals surface area contributed by atoms with Gasteiger partial charge in [-0.2, -0.15) is 0 Å². The molecule has 2 saturated heterocycles. The standard InChI is InChI=1S/C27H35N5O3/c1-3-21(22-8-5-4-6-9-22)16-25(33)31-14-11-27(35,12-15-31)19-32-20-29-24(17-26(32)34)28-18-23-10-7-13-30(23)2/h1,4-6,8-9,17,20-21,23,28,35H,7,10-16,18-19H2,2H3/t21-,23+/m1/s1. The van der Waals surface area contributed by atoms with Crippen LogP contribution in [0, 0.1) is 12.3 Å². The van der Waals surface area contributed by atoms with Gasteiger partial charge in [-0.25, -0.2) is 4.98 Å². The van der Waals surface area contributed by atoms with Gasteiger partial charge in [0, 0.05) is 38.2 Å². The fourth-order valence-electron chi connectivity index (χ4n) is 5.01. The Bertz CT molecular complexity index is 1100. The Balaban J connectivity index is 1.29. The molecule has 2 aliphatic heterocycles. The molecular weight excluding hydrogens is 442 g/mol. The second-order valence-corrected chi connectivity index (χ2v) is 9.84. The summed E-state index contributed by atoms with van der Waals surface area (Å²) < 4.78 is 1.45. The van der Waals surface area contributed by atoms with Crippen molar-refractivity contribution in [3.05, 3.63) is 58.6 Å². The van der Waals surface area contributed by atoms with Crippen LogP contribution >= 0.6 is 0 Å². The van der Waals surface area contributed by atoms with Crippen LogP contribution in [0.5, 0.6) is 0 Å².